The highest BCUT2D eigenvalue weighted by atomic mass is 32.2. The Morgan fingerprint density at radius 2 is 2.20 bits per heavy atom. The fourth-order valence-corrected chi connectivity index (χ4v) is 2.64. The first kappa shape index (κ1) is 14.5. The van der Waals surface area contributed by atoms with Crippen LogP contribution in [0.2, 0.25) is 0 Å². The van der Waals surface area contributed by atoms with Crippen molar-refractivity contribution in [2.45, 2.75) is 19.4 Å². The maximum atomic E-state index is 5.76. The summed E-state index contributed by atoms with van der Waals surface area (Å²) in [5.41, 5.74) is 5.76. The molecule has 0 spiro atoms. The van der Waals surface area contributed by atoms with Gasteiger partial charge in [-0.15, -0.1) is 0 Å². The molecule has 20 heavy (non-hydrogen) atoms. The molecule has 0 aliphatic heterocycles. The van der Waals surface area contributed by atoms with Crippen molar-refractivity contribution >= 4 is 23.7 Å². The lowest BCUT2D eigenvalue weighted by Gasteiger charge is -2.26. The van der Waals surface area contributed by atoms with Gasteiger partial charge in [-0.2, -0.15) is 36.5 Å². The zero-order chi connectivity index (χ0) is 14.5. The van der Waals surface area contributed by atoms with E-state index in [0.29, 0.717) is 17.9 Å². The summed E-state index contributed by atoms with van der Waals surface area (Å²) >= 11 is 1.79. The molecule has 9 heteroatoms. The van der Waals surface area contributed by atoms with Crippen LogP contribution in [-0.4, -0.2) is 54.8 Å². The number of thioether (sulfide) groups is 1. The monoisotopic (exact) mass is 294 g/mol. The van der Waals surface area contributed by atoms with Crippen LogP contribution in [0.15, 0.2) is 12.7 Å². The number of nitrogen functional groups attached to an aromatic ring is 1. The number of hydrogen-bond acceptors (Lipinski definition) is 8. The summed E-state index contributed by atoms with van der Waals surface area (Å²) in [5, 5.41) is 4.00. The first-order chi connectivity index (χ1) is 9.65. The molecule has 1 unspecified atom stereocenters. The lowest BCUT2D eigenvalue weighted by atomic mass is 10.2. The number of nitrogens with zero attached hydrogens (tertiary/aromatic N) is 7. The summed E-state index contributed by atoms with van der Waals surface area (Å²) < 4.78 is 1.46. The van der Waals surface area contributed by atoms with Gasteiger partial charge in [-0.05, 0) is 12.7 Å². The van der Waals surface area contributed by atoms with Gasteiger partial charge in [0, 0.05) is 18.8 Å². The largest absolute Gasteiger partial charge is 0.368 e. The molecule has 2 rings (SSSR count). The molecule has 2 aromatic rings. The van der Waals surface area contributed by atoms with Crippen molar-refractivity contribution in [3.05, 3.63) is 12.7 Å². The summed E-state index contributed by atoms with van der Waals surface area (Å²) in [6, 6.07) is 0.343. The molecule has 0 aliphatic carbocycles. The van der Waals surface area contributed by atoms with E-state index in [1.54, 1.807) is 11.8 Å². The molecule has 0 amide bonds. The van der Waals surface area contributed by atoms with Gasteiger partial charge in [0.15, 0.2) is 0 Å². The molecule has 0 aliphatic rings. The van der Waals surface area contributed by atoms with Gasteiger partial charge in [0.05, 0.1) is 0 Å². The van der Waals surface area contributed by atoms with Crippen LogP contribution in [0.5, 0.6) is 0 Å². The molecule has 0 saturated carbocycles. The third-order valence-electron chi connectivity index (χ3n) is 2.95. The van der Waals surface area contributed by atoms with Gasteiger partial charge in [0.25, 0.3) is 5.95 Å². The van der Waals surface area contributed by atoms with Gasteiger partial charge in [-0.1, -0.05) is 6.92 Å². The summed E-state index contributed by atoms with van der Waals surface area (Å²) in [6.07, 6.45) is 6.03. The van der Waals surface area contributed by atoms with Crippen LogP contribution < -0.4 is 10.6 Å². The van der Waals surface area contributed by atoms with Crippen molar-refractivity contribution < 1.29 is 0 Å². The highest BCUT2D eigenvalue weighted by Gasteiger charge is 2.17. The van der Waals surface area contributed by atoms with E-state index >= 15 is 0 Å². The Hall–Kier alpha value is -1.90. The maximum absolute atomic E-state index is 5.76. The predicted molar refractivity (Wildman–Crippen MR) is 80.0 cm³/mol. The van der Waals surface area contributed by atoms with Gasteiger partial charge in [-0.3, -0.25) is 0 Å². The van der Waals surface area contributed by atoms with Crippen molar-refractivity contribution in [1.29, 1.82) is 0 Å². The van der Waals surface area contributed by atoms with Gasteiger partial charge >= 0.3 is 0 Å². The van der Waals surface area contributed by atoms with Crippen LogP contribution in [-0.2, 0) is 0 Å². The molecule has 0 radical (unpaired) electrons. The number of hydrogen-bond donors (Lipinski definition) is 1. The zero-order valence-corrected chi connectivity index (χ0v) is 12.6. The Morgan fingerprint density at radius 1 is 1.40 bits per heavy atom. The molecule has 2 aromatic heterocycles. The summed E-state index contributed by atoms with van der Waals surface area (Å²) in [7, 11) is 1.96. The van der Waals surface area contributed by atoms with Crippen LogP contribution in [0.25, 0.3) is 5.95 Å². The Balaban J connectivity index is 2.32. The van der Waals surface area contributed by atoms with E-state index in [-0.39, 0.29) is 5.95 Å². The van der Waals surface area contributed by atoms with E-state index in [2.05, 4.69) is 38.2 Å². The summed E-state index contributed by atoms with van der Waals surface area (Å²) in [4.78, 5) is 18.6. The van der Waals surface area contributed by atoms with Crippen molar-refractivity contribution in [1.82, 2.24) is 29.7 Å². The van der Waals surface area contributed by atoms with Crippen molar-refractivity contribution in [2.24, 2.45) is 0 Å². The van der Waals surface area contributed by atoms with Crippen molar-refractivity contribution in [3.63, 3.8) is 0 Å². The second-order valence-electron chi connectivity index (χ2n) is 4.26. The van der Waals surface area contributed by atoms with Crippen LogP contribution in [0.4, 0.5) is 11.9 Å². The van der Waals surface area contributed by atoms with E-state index < -0.39 is 0 Å². The van der Waals surface area contributed by atoms with E-state index in [0.717, 1.165) is 12.2 Å². The summed E-state index contributed by atoms with van der Waals surface area (Å²) in [6.45, 7) is 2.14. The molecule has 108 valence electrons. The second-order valence-corrected chi connectivity index (χ2v) is 5.17. The van der Waals surface area contributed by atoms with Crippen molar-refractivity contribution in [2.75, 3.05) is 29.7 Å². The lowest BCUT2D eigenvalue weighted by molar-refractivity contribution is 0.651. The van der Waals surface area contributed by atoms with E-state index in [1.807, 2.05) is 11.9 Å². The third kappa shape index (κ3) is 3.16. The van der Waals surface area contributed by atoms with Crippen molar-refractivity contribution in [3.8, 4) is 5.95 Å². The van der Waals surface area contributed by atoms with Gasteiger partial charge in [0.1, 0.15) is 12.7 Å². The average molecular weight is 294 g/mol. The van der Waals surface area contributed by atoms with E-state index in [4.69, 9.17) is 5.73 Å². The second kappa shape index (κ2) is 6.51. The topological polar surface area (TPSA) is 98.6 Å². The number of rotatable bonds is 6. The smallest absolute Gasteiger partial charge is 0.258 e. The molecular formula is C11H18N8S. The third-order valence-corrected chi connectivity index (χ3v) is 3.66. The molecular weight excluding hydrogens is 276 g/mol. The molecule has 0 saturated heterocycles. The number of anilines is 2. The molecule has 8 nitrogen and oxygen atoms in total. The number of nitrogens with two attached hydrogens (primary N) is 1. The minimum atomic E-state index is 0.173. The van der Waals surface area contributed by atoms with E-state index in [9.17, 15) is 0 Å². The van der Waals surface area contributed by atoms with Crippen LogP contribution in [0.1, 0.15) is 13.3 Å². The minimum Gasteiger partial charge on any atom is -0.368 e. The average Bonchev–Trinajstić information content (AvgIpc) is 2.97. The minimum absolute atomic E-state index is 0.173. The van der Waals surface area contributed by atoms with Gasteiger partial charge in [-0.25, -0.2) is 4.98 Å². The van der Waals surface area contributed by atoms with Gasteiger partial charge < -0.3 is 10.6 Å². The Labute approximate surface area is 121 Å². The molecule has 0 bridgehead atoms. The normalized spacial score (nSPS) is 12.3. The lowest BCUT2D eigenvalue weighted by Crippen LogP contribution is -2.35. The van der Waals surface area contributed by atoms with Crippen LogP contribution >= 0.6 is 11.8 Å². The molecule has 1 atom stereocenters. The molecule has 2 heterocycles. The standard InChI is InChI=1S/C11H18N8S/c1-4-8(5-20-3)18(2)10-15-9(12)16-11(17-10)19-7-13-6-14-19/h6-8H,4-5H2,1-3H3,(H2,12,15,16,17). The highest BCUT2D eigenvalue weighted by Crippen LogP contribution is 2.16. The zero-order valence-electron chi connectivity index (χ0n) is 11.8. The molecule has 2 N–H and O–H groups in total. The fraction of sp³-hybridized carbons (Fsp3) is 0.545. The van der Waals surface area contributed by atoms with Crippen LogP contribution in [0.3, 0.4) is 0 Å². The quantitative estimate of drug-likeness (QED) is 0.827. The fourth-order valence-electron chi connectivity index (χ4n) is 1.80. The molecule has 0 fully saturated rings. The van der Waals surface area contributed by atoms with E-state index in [1.165, 1.54) is 17.3 Å². The Bertz CT molecular complexity index is 543. The first-order valence-electron chi connectivity index (χ1n) is 6.24. The Kier molecular flexibility index (Phi) is 4.72. The Morgan fingerprint density at radius 3 is 2.80 bits per heavy atom. The highest BCUT2D eigenvalue weighted by molar-refractivity contribution is 7.98. The first-order valence-corrected chi connectivity index (χ1v) is 7.63. The predicted octanol–water partition coefficient (Wildman–Crippen LogP) is 0.612. The maximum Gasteiger partial charge on any atom is 0.258 e. The SMILES string of the molecule is CCC(CSC)N(C)c1nc(N)nc(-n2cncn2)n1. The number of aromatic nitrogens is 6. The molecule has 0 aromatic carbocycles. The summed E-state index contributed by atoms with van der Waals surface area (Å²) in [5.74, 6) is 2.09. The van der Waals surface area contributed by atoms with Crippen LogP contribution in [0, 0.1) is 0 Å². The van der Waals surface area contributed by atoms with Gasteiger partial charge in [0.2, 0.25) is 11.9 Å².